The monoisotopic (exact) mass is 493 g/mol. The van der Waals surface area contributed by atoms with Gasteiger partial charge in [-0.1, -0.05) is 30.5 Å². The molecule has 1 aromatic heterocycles. The van der Waals surface area contributed by atoms with Gasteiger partial charge in [0.15, 0.2) is 4.34 Å². The van der Waals surface area contributed by atoms with E-state index in [1.54, 1.807) is 6.20 Å². The summed E-state index contributed by atoms with van der Waals surface area (Å²) in [4.78, 5) is 17.5. The first kappa shape index (κ1) is 23.5. The molecule has 0 saturated heterocycles. The molecular formula is C24H28ClNO4S2. The number of thioether (sulfide) groups is 1. The lowest BCUT2D eigenvalue weighted by atomic mass is 9.77. The van der Waals surface area contributed by atoms with Crippen molar-refractivity contribution in [2.75, 3.05) is 0 Å². The zero-order valence-electron chi connectivity index (χ0n) is 18.3. The number of hydrogen-bond acceptors (Lipinski definition) is 7. The normalized spacial score (nSPS) is 21.9. The smallest absolute Gasteiger partial charge is 0.349 e. The van der Waals surface area contributed by atoms with Crippen LogP contribution >= 0.6 is 34.7 Å². The zero-order valence-corrected chi connectivity index (χ0v) is 20.7. The summed E-state index contributed by atoms with van der Waals surface area (Å²) in [5, 5.41) is 13.3. The molecule has 1 aliphatic carbocycles. The van der Waals surface area contributed by atoms with Gasteiger partial charge in [-0.05, 0) is 74.9 Å². The highest BCUT2D eigenvalue weighted by Gasteiger charge is 2.48. The lowest BCUT2D eigenvalue weighted by Gasteiger charge is -2.41. The molecule has 32 heavy (non-hydrogen) atoms. The standard InChI is InChI=1S/C24H28ClNO4S2/c1-15(2)29-20-8-7-16(13-18(20)25)9-10-24(17-5-3-4-6-17)14-19(27)21(22(28)30-24)32-23-26-11-12-31-23/h7-8,11-13,15,17,27H,3-6,9-10,14H2,1-2H3. The summed E-state index contributed by atoms with van der Waals surface area (Å²) in [7, 11) is 0. The molecule has 1 N–H and O–H groups in total. The van der Waals surface area contributed by atoms with Gasteiger partial charge in [0.05, 0.1) is 11.1 Å². The van der Waals surface area contributed by atoms with Gasteiger partial charge in [0, 0.05) is 18.0 Å². The van der Waals surface area contributed by atoms with Gasteiger partial charge in [-0.15, -0.1) is 11.3 Å². The van der Waals surface area contributed by atoms with Gasteiger partial charge >= 0.3 is 5.97 Å². The van der Waals surface area contributed by atoms with Crippen molar-refractivity contribution in [3.8, 4) is 5.75 Å². The number of rotatable bonds is 8. The lowest BCUT2D eigenvalue weighted by molar-refractivity contribution is -0.166. The Balaban J connectivity index is 1.54. The minimum absolute atomic E-state index is 0.0526. The molecule has 0 radical (unpaired) electrons. The maximum atomic E-state index is 13.0. The van der Waals surface area contributed by atoms with E-state index in [9.17, 15) is 9.90 Å². The highest BCUT2D eigenvalue weighted by molar-refractivity contribution is 8.05. The number of aryl methyl sites for hydroxylation is 1. The third-order valence-corrected chi connectivity index (χ3v) is 8.39. The summed E-state index contributed by atoms with van der Waals surface area (Å²) in [6, 6.07) is 5.83. The summed E-state index contributed by atoms with van der Waals surface area (Å²) in [5.74, 6) is 0.593. The van der Waals surface area contributed by atoms with Gasteiger partial charge in [0.1, 0.15) is 22.0 Å². The Kier molecular flexibility index (Phi) is 7.37. The topological polar surface area (TPSA) is 68.7 Å². The van der Waals surface area contributed by atoms with Crippen molar-refractivity contribution in [2.24, 2.45) is 5.92 Å². The Labute approximate surface area is 202 Å². The van der Waals surface area contributed by atoms with E-state index in [2.05, 4.69) is 4.98 Å². The van der Waals surface area contributed by atoms with E-state index in [0.717, 1.165) is 35.6 Å². The number of carbonyl (C=O) groups is 1. The second-order valence-electron chi connectivity index (χ2n) is 8.72. The summed E-state index contributed by atoms with van der Waals surface area (Å²) < 4.78 is 12.6. The van der Waals surface area contributed by atoms with Gasteiger partial charge in [0.25, 0.3) is 0 Å². The van der Waals surface area contributed by atoms with E-state index in [1.807, 2.05) is 37.4 Å². The third kappa shape index (κ3) is 5.26. The van der Waals surface area contributed by atoms with Crippen LogP contribution in [0.4, 0.5) is 0 Å². The Hall–Kier alpha value is -1.70. The van der Waals surface area contributed by atoms with Gasteiger partial charge in [0.2, 0.25) is 0 Å². The molecule has 0 amide bonds. The summed E-state index contributed by atoms with van der Waals surface area (Å²) in [6.45, 7) is 3.93. The minimum atomic E-state index is -0.690. The number of thiazole rings is 1. The SMILES string of the molecule is CC(C)Oc1ccc(CCC2(C3CCCC3)CC(O)=C(Sc3nccs3)C(=O)O2)cc1Cl. The van der Waals surface area contributed by atoms with Crippen LogP contribution < -0.4 is 4.74 Å². The van der Waals surface area contributed by atoms with Crippen LogP contribution in [0.3, 0.4) is 0 Å². The summed E-state index contributed by atoms with van der Waals surface area (Å²) >= 11 is 9.04. The van der Waals surface area contributed by atoms with Crippen molar-refractivity contribution in [3.63, 3.8) is 0 Å². The van der Waals surface area contributed by atoms with Crippen LogP contribution in [0.5, 0.6) is 5.75 Å². The highest BCUT2D eigenvalue weighted by atomic mass is 35.5. The number of halogens is 1. The molecule has 1 aromatic carbocycles. The van der Waals surface area contributed by atoms with Crippen molar-refractivity contribution < 1.29 is 19.4 Å². The number of benzene rings is 1. The van der Waals surface area contributed by atoms with Gasteiger partial charge in [-0.2, -0.15) is 0 Å². The van der Waals surface area contributed by atoms with Crippen molar-refractivity contribution >= 4 is 40.7 Å². The molecule has 2 heterocycles. The van der Waals surface area contributed by atoms with Crippen LogP contribution in [-0.4, -0.2) is 27.8 Å². The fourth-order valence-electron chi connectivity index (χ4n) is 4.63. The number of cyclic esters (lactones) is 1. The van der Waals surface area contributed by atoms with E-state index in [1.165, 1.54) is 23.1 Å². The number of hydrogen-bond donors (Lipinski definition) is 1. The quantitative estimate of drug-likeness (QED) is 0.401. The van der Waals surface area contributed by atoms with Crippen LogP contribution in [0.1, 0.15) is 57.9 Å². The maximum Gasteiger partial charge on any atom is 0.349 e. The molecule has 5 nitrogen and oxygen atoms in total. The molecule has 1 unspecified atom stereocenters. The second-order valence-corrected chi connectivity index (χ2v) is 11.3. The van der Waals surface area contributed by atoms with Gasteiger partial charge in [-0.3, -0.25) is 0 Å². The molecule has 1 fully saturated rings. The van der Waals surface area contributed by atoms with E-state index < -0.39 is 11.6 Å². The first-order valence-electron chi connectivity index (χ1n) is 11.0. The first-order valence-corrected chi connectivity index (χ1v) is 13.1. The number of aliphatic hydroxyl groups excluding tert-OH is 1. The number of nitrogens with zero attached hydrogens (tertiary/aromatic N) is 1. The van der Waals surface area contributed by atoms with Crippen molar-refractivity contribution in [1.29, 1.82) is 0 Å². The molecule has 172 valence electrons. The molecule has 8 heteroatoms. The average Bonchev–Trinajstić information content (AvgIpc) is 3.45. The fourth-order valence-corrected chi connectivity index (χ4v) is 6.45. The summed E-state index contributed by atoms with van der Waals surface area (Å²) in [5.41, 5.74) is 0.371. The Morgan fingerprint density at radius 3 is 2.78 bits per heavy atom. The molecule has 0 spiro atoms. The molecule has 4 rings (SSSR count). The molecule has 1 aliphatic heterocycles. The molecule has 2 aromatic rings. The predicted octanol–water partition coefficient (Wildman–Crippen LogP) is 6.95. The van der Waals surface area contributed by atoms with Crippen LogP contribution in [0, 0.1) is 5.92 Å². The van der Waals surface area contributed by atoms with E-state index in [4.69, 9.17) is 21.1 Å². The molecule has 1 atom stereocenters. The van der Waals surface area contributed by atoms with Crippen LogP contribution in [0.2, 0.25) is 5.02 Å². The Morgan fingerprint density at radius 1 is 1.38 bits per heavy atom. The number of aromatic nitrogens is 1. The molecule has 0 bridgehead atoms. The second kappa shape index (κ2) is 10.1. The average molecular weight is 494 g/mol. The predicted molar refractivity (Wildman–Crippen MR) is 129 cm³/mol. The van der Waals surface area contributed by atoms with Crippen molar-refractivity contribution in [2.45, 2.75) is 74.8 Å². The van der Waals surface area contributed by atoms with Crippen LogP contribution in [0.25, 0.3) is 0 Å². The van der Waals surface area contributed by atoms with Crippen molar-refractivity contribution in [3.05, 3.63) is 51.0 Å². The third-order valence-electron chi connectivity index (χ3n) is 6.10. The zero-order chi connectivity index (χ0) is 22.7. The molecular weight excluding hydrogens is 466 g/mol. The molecule has 2 aliphatic rings. The largest absolute Gasteiger partial charge is 0.511 e. The molecule has 1 saturated carbocycles. The number of carbonyl (C=O) groups excluding carboxylic acids is 1. The first-order chi connectivity index (χ1) is 15.4. The Bertz CT molecular complexity index is 986. The van der Waals surface area contributed by atoms with E-state index >= 15 is 0 Å². The Morgan fingerprint density at radius 2 is 2.16 bits per heavy atom. The van der Waals surface area contributed by atoms with Crippen LogP contribution in [0.15, 0.2) is 44.8 Å². The summed E-state index contributed by atoms with van der Waals surface area (Å²) in [6.07, 6.45) is 7.71. The minimum Gasteiger partial charge on any atom is -0.511 e. The number of ether oxygens (including phenoxy) is 2. The van der Waals surface area contributed by atoms with E-state index in [0.29, 0.717) is 30.0 Å². The maximum absolute atomic E-state index is 13.0. The van der Waals surface area contributed by atoms with Crippen molar-refractivity contribution in [1.82, 2.24) is 4.98 Å². The number of esters is 1. The van der Waals surface area contributed by atoms with Gasteiger partial charge < -0.3 is 14.6 Å². The number of aliphatic hydroxyl groups is 1. The highest BCUT2D eigenvalue weighted by Crippen LogP contribution is 2.48. The fraction of sp³-hybridized carbons (Fsp3) is 0.500. The van der Waals surface area contributed by atoms with Crippen LogP contribution in [-0.2, 0) is 16.0 Å². The van der Waals surface area contributed by atoms with E-state index in [-0.39, 0.29) is 22.7 Å². The lowest BCUT2D eigenvalue weighted by Crippen LogP contribution is -2.45. The van der Waals surface area contributed by atoms with Gasteiger partial charge in [-0.25, -0.2) is 9.78 Å².